The SMILES string of the molecule is COCC(NC(=O)Nc1cc2[nH]nc(N(C)C)c2cn1)c1ccccc1. The van der Waals surface area contributed by atoms with Gasteiger partial charge in [-0.2, -0.15) is 5.10 Å². The van der Waals surface area contributed by atoms with Crippen LogP contribution in [0.2, 0.25) is 0 Å². The average Bonchev–Trinajstić information content (AvgIpc) is 3.05. The van der Waals surface area contributed by atoms with Gasteiger partial charge in [-0.25, -0.2) is 9.78 Å². The van der Waals surface area contributed by atoms with Gasteiger partial charge < -0.3 is 15.0 Å². The van der Waals surface area contributed by atoms with E-state index >= 15 is 0 Å². The Bertz CT molecular complexity index is 878. The fourth-order valence-corrected chi connectivity index (χ4v) is 2.69. The molecule has 1 atom stereocenters. The molecule has 2 amide bonds. The average molecular weight is 354 g/mol. The quantitative estimate of drug-likeness (QED) is 0.632. The van der Waals surface area contributed by atoms with Gasteiger partial charge in [-0.1, -0.05) is 30.3 Å². The zero-order valence-corrected chi connectivity index (χ0v) is 15.0. The van der Waals surface area contributed by atoms with Gasteiger partial charge in [-0.15, -0.1) is 0 Å². The summed E-state index contributed by atoms with van der Waals surface area (Å²) >= 11 is 0. The zero-order valence-electron chi connectivity index (χ0n) is 15.0. The van der Waals surface area contributed by atoms with E-state index in [1.807, 2.05) is 49.3 Å². The topological polar surface area (TPSA) is 95.2 Å². The molecule has 1 aromatic carbocycles. The van der Waals surface area contributed by atoms with Gasteiger partial charge in [-0.05, 0) is 5.56 Å². The molecule has 3 rings (SSSR count). The Morgan fingerprint density at radius 2 is 2.08 bits per heavy atom. The summed E-state index contributed by atoms with van der Waals surface area (Å²) in [5, 5.41) is 13.7. The highest BCUT2D eigenvalue weighted by Crippen LogP contribution is 2.23. The maximum Gasteiger partial charge on any atom is 0.320 e. The van der Waals surface area contributed by atoms with Crippen LogP contribution in [-0.2, 0) is 4.74 Å². The Hall–Kier alpha value is -3.13. The molecule has 0 spiro atoms. The number of aromatic nitrogens is 3. The minimum Gasteiger partial charge on any atom is -0.382 e. The van der Waals surface area contributed by atoms with Crippen molar-refractivity contribution in [3.05, 3.63) is 48.2 Å². The Balaban J connectivity index is 1.71. The second-order valence-electron chi connectivity index (χ2n) is 6.07. The van der Waals surface area contributed by atoms with Crippen molar-refractivity contribution in [3.63, 3.8) is 0 Å². The molecule has 1 unspecified atom stereocenters. The number of hydrogen-bond acceptors (Lipinski definition) is 5. The number of hydrogen-bond donors (Lipinski definition) is 3. The van der Waals surface area contributed by atoms with Crippen LogP contribution >= 0.6 is 0 Å². The summed E-state index contributed by atoms with van der Waals surface area (Å²) in [6.45, 7) is 0.372. The molecule has 0 aliphatic carbocycles. The Labute approximate surface area is 151 Å². The fraction of sp³-hybridized carbons (Fsp3) is 0.278. The number of nitrogens with one attached hydrogen (secondary N) is 3. The number of urea groups is 1. The molecule has 3 aromatic rings. The first kappa shape index (κ1) is 17.7. The highest BCUT2D eigenvalue weighted by Gasteiger charge is 2.15. The molecule has 0 aliphatic rings. The first-order valence-electron chi connectivity index (χ1n) is 8.21. The lowest BCUT2D eigenvalue weighted by Gasteiger charge is -2.18. The van der Waals surface area contributed by atoms with Crippen LogP contribution in [-0.4, -0.2) is 49.0 Å². The third-order valence-corrected chi connectivity index (χ3v) is 3.93. The van der Waals surface area contributed by atoms with Crippen molar-refractivity contribution in [2.24, 2.45) is 0 Å². The number of pyridine rings is 1. The predicted molar refractivity (Wildman–Crippen MR) is 101 cm³/mol. The van der Waals surface area contributed by atoms with Gasteiger partial charge in [0.15, 0.2) is 5.82 Å². The van der Waals surface area contributed by atoms with E-state index in [9.17, 15) is 4.79 Å². The summed E-state index contributed by atoms with van der Waals surface area (Å²) < 4.78 is 5.22. The zero-order chi connectivity index (χ0) is 18.5. The van der Waals surface area contributed by atoms with Gasteiger partial charge in [0.25, 0.3) is 0 Å². The van der Waals surface area contributed by atoms with Crippen LogP contribution < -0.4 is 15.5 Å². The third kappa shape index (κ3) is 3.92. The predicted octanol–water partition coefficient (Wildman–Crippen LogP) is 2.53. The Kier molecular flexibility index (Phi) is 5.33. The van der Waals surface area contributed by atoms with E-state index in [0.717, 1.165) is 22.3 Å². The van der Waals surface area contributed by atoms with E-state index < -0.39 is 0 Å². The molecule has 0 saturated heterocycles. The van der Waals surface area contributed by atoms with Gasteiger partial charge in [0.2, 0.25) is 0 Å². The van der Waals surface area contributed by atoms with Gasteiger partial charge in [0, 0.05) is 33.5 Å². The molecule has 0 saturated carbocycles. The van der Waals surface area contributed by atoms with Crippen LogP contribution in [0.3, 0.4) is 0 Å². The van der Waals surface area contributed by atoms with Crippen LogP contribution in [0.1, 0.15) is 11.6 Å². The molecule has 8 nitrogen and oxygen atoms in total. The molecule has 0 fully saturated rings. The maximum atomic E-state index is 12.4. The first-order chi connectivity index (χ1) is 12.6. The fourth-order valence-electron chi connectivity index (χ4n) is 2.69. The minimum atomic E-state index is -0.352. The number of ether oxygens (including phenoxy) is 1. The van der Waals surface area contributed by atoms with Crippen molar-refractivity contribution in [2.75, 3.05) is 38.0 Å². The van der Waals surface area contributed by atoms with Crippen molar-refractivity contribution in [2.45, 2.75) is 6.04 Å². The molecular weight excluding hydrogens is 332 g/mol. The molecule has 0 radical (unpaired) electrons. The lowest BCUT2D eigenvalue weighted by Crippen LogP contribution is -2.35. The van der Waals surface area contributed by atoms with Crippen LogP contribution in [0.5, 0.6) is 0 Å². The number of methoxy groups -OCH3 is 1. The smallest absolute Gasteiger partial charge is 0.320 e. The molecular formula is C18H22N6O2. The van der Waals surface area contributed by atoms with Crippen LogP contribution in [0, 0.1) is 0 Å². The molecule has 2 aromatic heterocycles. The summed E-state index contributed by atoms with van der Waals surface area (Å²) in [7, 11) is 5.43. The molecule has 26 heavy (non-hydrogen) atoms. The van der Waals surface area contributed by atoms with Gasteiger partial charge >= 0.3 is 6.03 Å². The van der Waals surface area contributed by atoms with Gasteiger partial charge in [-0.3, -0.25) is 10.4 Å². The minimum absolute atomic E-state index is 0.252. The summed E-state index contributed by atoms with van der Waals surface area (Å²) in [6, 6.07) is 10.8. The second kappa shape index (κ2) is 7.83. The molecule has 136 valence electrons. The van der Waals surface area contributed by atoms with E-state index in [1.165, 1.54) is 0 Å². The van der Waals surface area contributed by atoms with Crippen molar-refractivity contribution in [1.82, 2.24) is 20.5 Å². The lowest BCUT2D eigenvalue weighted by molar-refractivity contribution is 0.168. The number of anilines is 2. The number of aromatic amines is 1. The molecule has 8 heteroatoms. The largest absolute Gasteiger partial charge is 0.382 e. The van der Waals surface area contributed by atoms with Gasteiger partial charge in [0.1, 0.15) is 5.82 Å². The van der Waals surface area contributed by atoms with Crippen molar-refractivity contribution < 1.29 is 9.53 Å². The normalized spacial score (nSPS) is 12.0. The number of amides is 2. The van der Waals surface area contributed by atoms with E-state index in [2.05, 4.69) is 25.8 Å². The molecule has 0 bridgehead atoms. The van der Waals surface area contributed by atoms with Gasteiger partial charge in [0.05, 0.1) is 23.6 Å². The van der Waals surface area contributed by atoms with Crippen molar-refractivity contribution >= 4 is 28.6 Å². The van der Waals surface area contributed by atoms with Crippen LogP contribution in [0.15, 0.2) is 42.6 Å². The van der Waals surface area contributed by atoms with Crippen LogP contribution in [0.25, 0.3) is 10.9 Å². The number of carbonyl (C=O) groups excluding carboxylic acids is 1. The summed E-state index contributed by atoms with van der Waals surface area (Å²) in [6.07, 6.45) is 1.69. The number of rotatable bonds is 6. The number of fused-ring (bicyclic) bond motifs is 1. The second-order valence-corrected chi connectivity index (χ2v) is 6.07. The number of H-pyrrole nitrogens is 1. The number of benzene rings is 1. The standard InChI is InChI=1S/C18H22N6O2/c1-24(2)17-13-10-19-16(9-14(13)22-23-17)21-18(25)20-15(11-26-3)12-7-5-4-6-8-12/h4-10,15H,11H2,1-3H3,(H,22,23)(H2,19,20,21,25). The first-order valence-corrected chi connectivity index (χ1v) is 8.21. The monoisotopic (exact) mass is 354 g/mol. The Morgan fingerprint density at radius 3 is 2.77 bits per heavy atom. The summed E-state index contributed by atoms with van der Waals surface area (Å²) in [4.78, 5) is 18.6. The van der Waals surface area contributed by atoms with Crippen molar-refractivity contribution in [1.29, 1.82) is 0 Å². The Morgan fingerprint density at radius 1 is 1.31 bits per heavy atom. The number of carbonyl (C=O) groups is 1. The highest BCUT2D eigenvalue weighted by molar-refractivity contribution is 5.94. The van der Waals surface area contributed by atoms with E-state index in [0.29, 0.717) is 12.4 Å². The molecule has 0 aliphatic heterocycles. The molecule has 2 heterocycles. The summed E-state index contributed by atoms with van der Waals surface area (Å²) in [5.74, 6) is 1.24. The van der Waals surface area contributed by atoms with E-state index in [-0.39, 0.29) is 12.1 Å². The maximum absolute atomic E-state index is 12.4. The molecule has 3 N–H and O–H groups in total. The van der Waals surface area contributed by atoms with E-state index in [4.69, 9.17) is 4.74 Å². The van der Waals surface area contributed by atoms with Crippen molar-refractivity contribution in [3.8, 4) is 0 Å². The number of nitrogens with zero attached hydrogens (tertiary/aromatic N) is 3. The summed E-state index contributed by atoms with van der Waals surface area (Å²) in [5.41, 5.74) is 1.77. The van der Waals surface area contributed by atoms with E-state index in [1.54, 1.807) is 19.4 Å². The highest BCUT2D eigenvalue weighted by atomic mass is 16.5. The lowest BCUT2D eigenvalue weighted by atomic mass is 10.1. The third-order valence-electron chi connectivity index (χ3n) is 3.93. The van der Waals surface area contributed by atoms with Crippen LogP contribution in [0.4, 0.5) is 16.4 Å².